The highest BCUT2D eigenvalue weighted by Crippen LogP contribution is 2.41. The number of nitrogens with zero attached hydrogens (tertiary/aromatic N) is 2. The zero-order chi connectivity index (χ0) is 32.0. The van der Waals surface area contributed by atoms with E-state index >= 15 is 0 Å². The van der Waals surface area contributed by atoms with Crippen LogP contribution in [0.25, 0.3) is 27.8 Å². The number of nitrogens with one attached hydrogen (secondary N) is 2. The lowest BCUT2D eigenvalue weighted by molar-refractivity contribution is -0.143. The molecule has 4 rings (SSSR count). The topological polar surface area (TPSA) is 150 Å². The lowest BCUT2D eigenvalue weighted by Crippen LogP contribution is -2.45. The van der Waals surface area contributed by atoms with E-state index in [1.165, 1.54) is 6.42 Å². The maximum atomic E-state index is 12.2. The van der Waals surface area contributed by atoms with Gasteiger partial charge in [0, 0.05) is 31.3 Å². The molecule has 1 saturated heterocycles. The molecule has 4 N–H and O–H groups in total. The molecule has 3 aromatic rings. The number of aliphatic hydroxyl groups excluding tert-OH is 1. The van der Waals surface area contributed by atoms with Gasteiger partial charge in [-0.05, 0) is 47.9 Å². The summed E-state index contributed by atoms with van der Waals surface area (Å²) in [6.07, 6.45) is 7.82. The molecule has 2 aromatic carbocycles. The summed E-state index contributed by atoms with van der Waals surface area (Å²) in [4.78, 5) is 43.5. The second-order valence-electron chi connectivity index (χ2n) is 10.5. The van der Waals surface area contributed by atoms with Crippen LogP contribution >= 0.6 is 11.3 Å². The van der Waals surface area contributed by atoms with Crippen molar-refractivity contribution in [2.75, 3.05) is 51.0 Å². The molecule has 240 valence electrons. The van der Waals surface area contributed by atoms with Crippen LogP contribution in [0.4, 0.5) is 5.13 Å². The Labute approximate surface area is 266 Å². The molecule has 1 aromatic heterocycles. The molecule has 1 fully saturated rings. The first kappa shape index (κ1) is 33.6. The largest absolute Gasteiger partial charge is 0.484 e. The maximum absolute atomic E-state index is 12.2. The number of hydrogen-bond acceptors (Lipinski definition) is 9. The van der Waals surface area contributed by atoms with Crippen molar-refractivity contribution in [2.24, 2.45) is 0 Å². The number of morpholine rings is 1. The van der Waals surface area contributed by atoms with Crippen LogP contribution in [0.1, 0.15) is 38.2 Å². The molecule has 1 aliphatic heterocycles. The van der Waals surface area contributed by atoms with Crippen molar-refractivity contribution in [3.05, 3.63) is 60.2 Å². The highest BCUT2D eigenvalue weighted by molar-refractivity contribution is 7.19. The Bertz CT molecular complexity index is 1430. The van der Waals surface area contributed by atoms with Crippen molar-refractivity contribution >= 4 is 40.3 Å². The van der Waals surface area contributed by atoms with Crippen LogP contribution in [-0.4, -0.2) is 85.1 Å². The fourth-order valence-electron chi connectivity index (χ4n) is 4.61. The summed E-state index contributed by atoms with van der Waals surface area (Å²) < 4.78 is 11.1. The number of thiazole rings is 1. The van der Waals surface area contributed by atoms with Crippen molar-refractivity contribution < 1.29 is 34.1 Å². The van der Waals surface area contributed by atoms with E-state index in [4.69, 9.17) is 24.7 Å². The van der Waals surface area contributed by atoms with Gasteiger partial charge in [0.15, 0.2) is 11.7 Å². The average Bonchev–Trinajstić information content (AvgIpc) is 3.51. The van der Waals surface area contributed by atoms with Gasteiger partial charge >= 0.3 is 5.97 Å². The van der Waals surface area contributed by atoms with E-state index in [0.717, 1.165) is 64.7 Å². The molecule has 0 bridgehead atoms. The molecule has 12 heteroatoms. The smallest absolute Gasteiger partial charge is 0.328 e. The number of aliphatic carboxylic acids is 1. The third-order valence-corrected chi connectivity index (χ3v) is 8.31. The summed E-state index contributed by atoms with van der Waals surface area (Å²) in [5, 5.41) is 24.1. The quantitative estimate of drug-likeness (QED) is 0.135. The van der Waals surface area contributed by atoms with Gasteiger partial charge in [0.2, 0.25) is 5.91 Å². The van der Waals surface area contributed by atoms with Gasteiger partial charge in [0.1, 0.15) is 11.8 Å². The molecule has 2 amide bonds. The Kier molecular flexibility index (Phi) is 12.9. The first-order chi connectivity index (χ1) is 21.9. The first-order valence-electron chi connectivity index (χ1n) is 15.1. The minimum absolute atomic E-state index is 0.0989. The number of anilines is 1. The molecule has 2 heterocycles. The Morgan fingerprint density at radius 3 is 2.42 bits per heavy atom. The van der Waals surface area contributed by atoms with Crippen LogP contribution < -0.4 is 20.3 Å². The number of amides is 2. The van der Waals surface area contributed by atoms with Gasteiger partial charge in [0.25, 0.3) is 5.91 Å². The minimum Gasteiger partial charge on any atom is -0.484 e. The first-order valence-corrected chi connectivity index (χ1v) is 16.0. The molecule has 0 spiro atoms. The summed E-state index contributed by atoms with van der Waals surface area (Å²) >= 11 is 1.61. The highest BCUT2D eigenvalue weighted by Gasteiger charge is 2.21. The van der Waals surface area contributed by atoms with Crippen LogP contribution in [0.2, 0.25) is 0 Å². The number of carboxylic acids is 1. The molecule has 0 radical (unpaired) electrons. The van der Waals surface area contributed by atoms with Crippen molar-refractivity contribution in [1.82, 2.24) is 15.6 Å². The fourth-order valence-corrected chi connectivity index (χ4v) is 5.75. The number of carboxylic acid groups (broad SMARTS) is 1. The van der Waals surface area contributed by atoms with E-state index in [2.05, 4.69) is 22.5 Å². The molecule has 1 atom stereocenters. The third-order valence-electron chi connectivity index (χ3n) is 7.14. The number of ether oxygens (including phenoxy) is 2. The Morgan fingerprint density at radius 2 is 1.76 bits per heavy atom. The van der Waals surface area contributed by atoms with Gasteiger partial charge in [-0.15, -0.1) is 0 Å². The van der Waals surface area contributed by atoms with Gasteiger partial charge in [-0.3, -0.25) is 9.59 Å². The molecule has 0 unspecified atom stereocenters. The number of hydrogen-bond donors (Lipinski definition) is 4. The predicted octanol–water partition coefficient (Wildman–Crippen LogP) is 3.96. The summed E-state index contributed by atoms with van der Waals surface area (Å²) in [5.41, 5.74) is 3.58. The van der Waals surface area contributed by atoms with Crippen LogP contribution in [0.15, 0.2) is 54.6 Å². The molecule has 0 saturated carbocycles. The number of carbonyl (C=O) groups is 3. The van der Waals surface area contributed by atoms with Crippen LogP contribution in [0, 0.1) is 0 Å². The van der Waals surface area contributed by atoms with Crippen molar-refractivity contribution in [1.29, 1.82) is 0 Å². The second-order valence-corrected chi connectivity index (χ2v) is 11.5. The van der Waals surface area contributed by atoms with Gasteiger partial charge in [0.05, 0.1) is 30.4 Å². The van der Waals surface area contributed by atoms with Gasteiger partial charge in [-0.2, -0.15) is 0 Å². The van der Waals surface area contributed by atoms with Crippen molar-refractivity contribution in [3.8, 4) is 27.4 Å². The van der Waals surface area contributed by atoms with Gasteiger partial charge < -0.3 is 35.2 Å². The van der Waals surface area contributed by atoms with Gasteiger partial charge in [-0.1, -0.05) is 61.8 Å². The maximum Gasteiger partial charge on any atom is 0.328 e. The molecule has 45 heavy (non-hydrogen) atoms. The summed E-state index contributed by atoms with van der Waals surface area (Å²) in [7, 11) is 0. The predicted molar refractivity (Wildman–Crippen MR) is 174 cm³/mol. The number of carbonyl (C=O) groups excluding carboxylic acids is 2. The Hall–Kier alpha value is -4.26. The number of rotatable bonds is 16. The average molecular weight is 637 g/mol. The van der Waals surface area contributed by atoms with E-state index in [1.54, 1.807) is 29.5 Å². The summed E-state index contributed by atoms with van der Waals surface area (Å²) in [6.45, 7) is 4.53. The van der Waals surface area contributed by atoms with E-state index in [1.807, 2.05) is 42.5 Å². The normalized spacial score (nSPS) is 13.9. The zero-order valence-corrected chi connectivity index (χ0v) is 26.2. The molecule has 0 aliphatic carbocycles. The summed E-state index contributed by atoms with van der Waals surface area (Å²) in [6, 6.07) is 13.8. The van der Waals surface area contributed by atoms with E-state index < -0.39 is 31.1 Å². The molecule has 1 aliphatic rings. The van der Waals surface area contributed by atoms with Crippen molar-refractivity contribution in [3.63, 3.8) is 0 Å². The SMILES string of the molecule is CCCCCCNC(=O)C=Cc1ccc(-c2sc(N3CCOCC3)nc2-c2ccc(OCC(=O)N[C@@H](CO)C(=O)O)cc2)cc1. The molecular formula is C33H40N4O7S. The lowest BCUT2D eigenvalue weighted by Gasteiger charge is -2.26. The van der Waals surface area contributed by atoms with Crippen LogP contribution in [0.3, 0.4) is 0 Å². The monoisotopic (exact) mass is 636 g/mol. The van der Waals surface area contributed by atoms with Crippen LogP contribution in [0.5, 0.6) is 5.75 Å². The number of unbranched alkanes of at least 4 members (excludes halogenated alkanes) is 3. The van der Waals surface area contributed by atoms with E-state index in [9.17, 15) is 14.4 Å². The van der Waals surface area contributed by atoms with Crippen molar-refractivity contribution in [2.45, 2.75) is 38.6 Å². The van der Waals surface area contributed by atoms with E-state index in [-0.39, 0.29) is 5.91 Å². The van der Waals surface area contributed by atoms with Crippen LogP contribution in [-0.2, 0) is 19.1 Å². The number of aromatic nitrogens is 1. The Balaban J connectivity index is 1.46. The zero-order valence-electron chi connectivity index (χ0n) is 25.4. The van der Waals surface area contributed by atoms with E-state index in [0.29, 0.717) is 25.5 Å². The van der Waals surface area contributed by atoms with Gasteiger partial charge in [-0.25, -0.2) is 9.78 Å². The highest BCUT2D eigenvalue weighted by atomic mass is 32.1. The lowest BCUT2D eigenvalue weighted by atomic mass is 10.0. The standard InChI is InChI=1S/C33H40N4O7S/c1-2-3-4-5-16-34-28(39)15-8-23-6-9-25(10-7-23)31-30(36-33(45-31)37-17-19-43-20-18-37)24-11-13-26(14-12-24)44-22-29(40)35-27(21-38)32(41)42/h6-15,27,38H,2-5,16-22H2,1H3,(H,34,39)(H,35,40)(H,41,42)/t27-/m0/s1. The molecular weight excluding hydrogens is 596 g/mol. The second kappa shape index (κ2) is 17.3. The molecule has 11 nitrogen and oxygen atoms in total. The minimum atomic E-state index is -1.39. The number of benzene rings is 2. The third kappa shape index (κ3) is 10.1. The number of aliphatic hydroxyl groups is 1. The summed E-state index contributed by atoms with van der Waals surface area (Å²) in [5.74, 6) is -1.65. The Morgan fingerprint density at radius 1 is 1.04 bits per heavy atom. The fraction of sp³-hybridized carbons (Fsp3) is 0.394.